The Morgan fingerprint density at radius 2 is 0.375 bits per heavy atom. The molecule has 15 aromatic rings. The van der Waals surface area contributed by atoms with Crippen molar-refractivity contribution in [3.8, 4) is 0 Å². The fourth-order valence-corrected chi connectivity index (χ4v) is 11.4. The first-order valence-electron chi connectivity index (χ1n) is 33.9. The second kappa shape index (κ2) is 36.5. The molecule has 0 radical (unpaired) electrons. The van der Waals surface area contributed by atoms with E-state index < -0.39 is 0 Å². The number of aryl methyl sites for hydroxylation is 18. The van der Waals surface area contributed by atoms with Crippen molar-refractivity contribution in [3.63, 3.8) is 0 Å². The minimum absolute atomic E-state index is 1.33. The lowest BCUT2D eigenvalue weighted by Crippen LogP contribution is -1.80. The highest BCUT2D eigenvalue weighted by Crippen LogP contribution is 2.25. The second-order valence-electron chi connectivity index (χ2n) is 26.1. The van der Waals surface area contributed by atoms with Crippen molar-refractivity contribution in [2.45, 2.75) is 125 Å². The third-order valence-corrected chi connectivity index (χ3v) is 17.6. The fourth-order valence-electron chi connectivity index (χ4n) is 11.4. The molecular weight excluding hydrogens is 1150 g/mol. The molecule has 0 heterocycles. The van der Waals surface area contributed by atoms with Crippen LogP contribution < -0.4 is 0 Å². The fraction of sp³-hybridized carbons (Fsp3) is 0.188. The first-order valence-corrected chi connectivity index (χ1v) is 33.9. The predicted molar refractivity (Wildman–Crippen MR) is 428 cm³/mol. The van der Waals surface area contributed by atoms with Crippen LogP contribution in [-0.4, -0.2) is 0 Å². The Kier molecular flexibility index (Phi) is 27.9. The topological polar surface area (TPSA) is 0 Å². The zero-order valence-electron chi connectivity index (χ0n) is 60.7. The SMILES string of the molecule is Cc1cc2ccccc2cc1C.Cc1ccc(C)c2ccccc12.Cc1ccc(C)cc1.Cc1ccc2c(C)cccc2c1.Cc1ccc2cc(C)ccc2c1.Cc1ccc2cccc(C)c2c1.Cc1cccc(C)c1.Cc1cccc2c(C)cccc12.Cc1ccccc1C. The molecule has 0 heteroatoms. The summed E-state index contributed by atoms with van der Waals surface area (Å²) in [6.07, 6.45) is 0. The average molecular weight is 1260 g/mol. The minimum atomic E-state index is 1.33. The third-order valence-electron chi connectivity index (χ3n) is 17.6. The van der Waals surface area contributed by atoms with Crippen molar-refractivity contribution >= 4 is 64.6 Å². The molecule has 15 rings (SSSR count). The van der Waals surface area contributed by atoms with E-state index in [4.69, 9.17) is 0 Å². The Morgan fingerprint density at radius 3 is 0.792 bits per heavy atom. The van der Waals surface area contributed by atoms with Crippen molar-refractivity contribution in [3.05, 3.63) is 391 Å². The second-order valence-corrected chi connectivity index (χ2v) is 26.1. The molecule has 0 atom stereocenters. The maximum Gasteiger partial charge on any atom is -0.0152 e. The molecule has 0 saturated heterocycles. The number of hydrogen-bond acceptors (Lipinski definition) is 0. The van der Waals surface area contributed by atoms with Crippen LogP contribution in [0.3, 0.4) is 0 Å². The number of benzene rings is 15. The zero-order chi connectivity index (χ0) is 69.3. The highest BCUT2D eigenvalue weighted by atomic mass is 14.1. The zero-order valence-corrected chi connectivity index (χ0v) is 60.7. The van der Waals surface area contributed by atoms with E-state index in [-0.39, 0.29) is 0 Å². The van der Waals surface area contributed by atoms with E-state index in [1.54, 1.807) is 0 Å². The van der Waals surface area contributed by atoms with Gasteiger partial charge in [-0.2, -0.15) is 0 Å². The quantitative estimate of drug-likeness (QED) is 0.142. The van der Waals surface area contributed by atoms with Gasteiger partial charge in [0.15, 0.2) is 0 Å². The summed E-state index contributed by atoms with van der Waals surface area (Å²) in [4.78, 5) is 0. The van der Waals surface area contributed by atoms with E-state index in [1.165, 1.54) is 165 Å². The van der Waals surface area contributed by atoms with Crippen molar-refractivity contribution in [1.82, 2.24) is 0 Å². The Balaban J connectivity index is 0.000000153. The van der Waals surface area contributed by atoms with E-state index in [2.05, 4.69) is 416 Å². The molecule has 0 amide bonds. The molecular formula is C96H102. The molecule has 0 aliphatic rings. The lowest BCUT2D eigenvalue weighted by Gasteiger charge is -2.03. The molecule has 0 N–H and O–H groups in total. The lowest BCUT2D eigenvalue weighted by molar-refractivity contribution is 1.34. The van der Waals surface area contributed by atoms with Gasteiger partial charge >= 0.3 is 0 Å². The van der Waals surface area contributed by atoms with Gasteiger partial charge < -0.3 is 0 Å². The van der Waals surface area contributed by atoms with Crippen LogP contribution in [0.2, 0.25) is 0 Å². The summed E-state index contributed by atoms with van der Waals surface area (Å²) >= 11 is 0. The van der Waals surface area contributed by atoms with Crippen molar-refractivity contribution in [2.75, 3.05) is 0 Å². The highest BCUT2D eigenvalue weighted by molar-refractivity contribution is 5.90. The Labute approximate surface area is 577 Å². The molecule has 0 bridgehead atoms. The summed E-state index contributed by atoms with van der Waals surface area (Å²) in [6.45, 7) is 38.4. The first kappa shape index (κ1) is 73.3. The van der Waals surface area contributed by atoms with Gasteiger partial charge in [-0.15, -0.1) is 0 Å². The normalized spacial score (nSPS) is 10.2. The van der Waals surface area contributed by atoms with Crippen LogP contribution in [0.4, 0.5) is 0 Å². The average Bonchev–Trinajstić information content (AvgIpc) is 0.883. The Hall–Kier alpha value is -10.1. The van der Waals surface area contributed by atoms with E-state index in [1.807, 2.05) is 0 Å². The monoisotopic (exact) mass is 1250 g/mol. The van der Waals surface area contributed by atoms with Crippen LogP contribution in [0, 0.1) is 125 Å². The third kappa shape index (κ3) is 22.5. The van der Waals surface area contributed by atoms with Crippen molar-refractivity contribution in [2.24, 2.45) is 0 Å². The van der Waals surface area contributed by atoms with Crippen LogP contribution in [0.15, 0.2) is 291 Å². The van der Waals surface area contributed by atoms with Crippen LogP contribution >= 0.6 is 0 Å². The highest BCUT2D eigenvalue weighted by Gasteiger charge is 2.01. The maximum atomic E-state index is 2.24. The van der Waals surface area contributed by atoms with E-state index in [0.717, 1.165) is 0 Å². The molecule has 0 aliphatic heterocycles. The van der Waals surface area contributed by atoms with E-state index >= 15 is 0 Å². The standard InChI is InChI=1S/6C12H12.3C8H10/c1-9-3-5-12-8-10(2)4-6-11(12)7-9;1-9-5-3-8-12-10(2)6-4-7-11(9)12;1-9-6-7-12-10(2)4-3-5-11(12)8-9;1-9-6-7-11-5-3-4-10(2)12(11)8-9;1-9-7-11-5-3-4-6-12(11)8-10(9)2;1-9-7-8-10(2)12-6-4-3-5-11(9)12;1-7-3-5-8(2)6-4-7;1-7-4-3-5-8(2)6-7;1-7-5-3-4-6-8(7)2/h6*3-8H,1-2H3;3*3-6H,1-2H3. The number of fused-ring (bicyclic) bond motifs is 6. The summed E-state index contributed by atoms with van der Waals surface area (Å²) < 4.78 is 0. The summed E-state index contributed by atoms with van der Waals surface area (Å²) in [5.74, 6) is 0. The molecule has 486 valence electrons. The molecule has 0 saturated carbocycles. The van der Waals surface area contributed by atoms with Crippen molar-refractivity contribution < 1.29 is 0 Å². The summed E-state index contributed by atoms with van der Waals surface area (Å²) in [5.41, 5.74) is 24.3. The van der Waals surface area contributed by atoms with Gasteiger partial charge in [0.1, 0.15) is 0 Å². The van der Waals surface area contributed by atoms with Crippen LogP contribution in [0.5, 0.6) is 0 Å². The van der Waals surface area contributed by atoms with Gasteiger partial charge in [-0.25, -0.2) is 0 Å². The molecule has 96 heavy (non-hydrogen) atoms. The molecule has 0 aliphatic carbocycles. The largest absolute Gasteiger partial charge is 0.0620 e. The molecule has 0 fully saturated rings. The van der Waals surface area contributed by atoms with Crippen LogP contribution in [0.25, 0.3) is 64.6 Å². The van der Waals surface area contributed by atoms with Gasteiger partial charge in [-0.3, -0.25) is 0 Å². The molecule has 0 nitrogen and oxygen atoms in total. The minimum Gasteiger partial charge on any atom is -0.0620 e. The van der Waals surface area contributed by atoms with Gasteiger partial charge in [0.2, 0.25) is 0 Å². The van der Waals surface area contributed by atoms with Gasteiger partial charge in [0.25, 0.3) is 0 Å². The maximum absolute atomic E-state index is 2.24. The summed E-state index contributed by atoms with van der Waals surface area (Å²) in [5, 5.41) is 16.2. The number of rotatable bonds is 0. The van der Waals surface area contributed by atoms with Gasteiger partial charge in [-0.1, -0.05) is 336 Å². The first-order chi connectivity index (χ1) is 46.0. The van der Waals surface area contributed by atoms with Gasteiger partial charge in [0.05, 0.1) is 0 Å². The predicted octanol–water partition coefficient (Wildman–Crippen LogP) is 27.7. The smallest absolute Gasteiger partial charge is 0.0152 e. The summed E-state index contributed by atoms with van der Waals surface area (Å²) in [7, 11) is 0. The van der Waals surface area contributed by atoms with Crippen LogP contribution in [0.1, 0.15) is 100 Å². The number of hydrogen-bond donors (Lipinski definition) is 0. The molecule has 0 spiro atoms. The van der Waals surface area contributed by atoms with Crippen LogP contribution in [-0.2, 0) is 0 Å². The van der Waals surface area contributed by atoms with E-state index in [9.17, 15) is 0 Å². The molecule has 0 unspecified atom stereocenters. The van der Waals surface area contributed by atoms with Gasteiger partial charge in [0, 0.05) is 0 Å². The van der Waals surface area contributed by atoms with Crippen molar-refractivity contribution in [1.29, 1.82) is 0 Å². The lowest BCUT2D eigenvalue weighted by atomic mass is 10.0. The van der Waals surface area contributed by atoms with Gasteiger partial charge in [-0.05, 0) is 245 Å². The Morgan fingerprint density at radius 1 is 0.115 bits per heavy atom. The molecule has 0 aromatic heterocycles. The summed E-state index contributed by atoms with van der Waals surface area (Å²) in [6, 6.07) is 103. The molecule has 15 aromatic carbocycles. The Bertz CT molecular complexity index is 4670. The van der Waals surface area contributed by atoms with E-state index in [0.29, 0.717) is 0 Å².